The van der Waals surface area contributed by atoms with Gasteiger partial charge in [0, 0.05) is 17.4 Å². The van der Waals surface area contributed by atoms with Crippen LogP contribution in [-0.2, 0) is 10.0 Å². The molecule has 0 bridgehead atoms. The van der Waals surface area contributed by atoms with Gasteiger partial charge in [0.2, 0.25) is 10.0 Å². The quantitative estimate of drug-likeness (QED) is 0.757. The highest BCUT2D eigenvalue weighted by molar-refractivity contribution is 7.92. The van der Waals surface area contributed by atoms with E-state index in [9.17, 15) is 13.2 Å². The number of carbonyl (C=O) groups excluding carboxylic acids is 1. The molecule has 0 aliphatic heterocycles. The van der Waals surface area contributed by atoms with Crippen LogP contribution in [0.4, 0.5) is 11.4 Å². The molecule has 0 atom stereocenters. The molecule has 2 rings (SSSR count). The van der Waals surface area contributed by atoms with Crippen molar-refractivity contribution in [2.24, 2.45) is 0 Å². The highest BCUT2D eigenvalue weighted by Crippen LogP contribution is 2.14. The minimum atomic E-state index is -3.37. The molecular formula is C13H16N4O3S. The van der Waals surface area contributed by atoms with Crippen LogP contribution in [0.25, 0.3) is 0 Å². The Morgan fingerprint density at radius 3 is 2.81 bits per heavy atom. The fourth-order valence-electron chi connectivity index (χ4n) is 1.75. The van der Waals surface area contributed by atoms with E-state index in [2.05, 4.69) is 20.2 Å². The summed E-state index contributed by atoms with van der Waals surface area (Å²) < 4.78 is 25.9. The van der Waals surface area contributed by atoms with Crippen LogP contribution in [0.15, 0.2) is 36.7 Å². The molecular weight excluding hydrogens is 292 g/mol. The molecule has 2 aromatic rings. The molecule has 112 valence electrons. The van der Waals surface area contributed by atoms with Gasteiger partial charge in [0.1, 0.15) is 0 Å². The number of nitrogens with zero attached hydrogens (tertiary/aromatic N) is 1. The van der Waals surface area contributed by atoms with Crippen molar-refractivity contribution in [1.82, 2.24) is 10.2 Å². The third kappa shape index (κ3) is 4.32. The van der Waals surface area contributed by atoms with Crippen LogP contribution < -0.4 is 10.0 Å². The first-order valence-electron chi connectivity index (χ1n) is 6.41. The average Bonchev–Trinajstić information content (AvgIpc) is 2.91. The van der Waals surface area contributed by atoms with E-state index in [1.165, 1.54) is 12.3 Å². The maximum Gasteiger partial charge on any atom is 0.255 e. The molecule has 0 aliphatic carbocycles. The summed E-state index contributed by atoms with van der Waals surface area (Å²) in [5.41, 5.74) is 1.26. The topological polar surface area (TPSA) is 104 Å². The van der Waals surface area contributed by atoms with Gasteiger partial charge in [0.25, 0.3) is 5.91 Å². The summed E-state index contributed by atoms with van der Waals surface area (Å²) >= 11 is 0. The third-order valence-corrected chi connectivity index (χ3v) is 4.12. The van der Waals surface area contributed by atoms with E-state index < -0.39 is 10.0 Å². The summed E-state index contributed by atoms with van der Waals surface area (Å²) in [6, 6.07) is 6.31. The van der Waals surface area contributed by atoms with Gasteiger partial charge in [-0.25, -0.2) is 8.42 Å². The molecule has 0 radical (unpaired) electrons. The number of sulfonamides is 1. The Bertz CT molecular complexity index is 711. The maximum absolute atomic E-state index is 12.0. The lowest BCUT2D eigenvalue weighted by molar-refractivity contribution is 0.102. The number of rotatable bonds is 6. The standard InChI is InChI=1S/C13H16N4O3S/c1-2-6-21(19,20)17-11-5-3-4-10(7-11)13(18)16-12-8-14-15-9-12/h3-5,7-9,17H,2,6H2,1H3,(H,14,15)(H,16,18). The summed E-state index contributed by atoms with van der Waals surface area (Å²) in [4.78, 5) is 12.0. The van der Waals surface area contributed by atoms with Gasteiger partial charge in [-0.2, -0.15) is 5.10 Å². The lowest BCUT2D eigenvalue weighted by atomic mass is 10.2. The minimum Gasteiger partial charge on any atom is -0.319 e. The molecule has 3 N–H and O–H groups in total. The number of aromatic amines is 1. The number of hydrogen-bond donors (Lipinski definition) is 3. The first kappa shape index (κ1) is 15.0. The van der Waals surface area contributed by atoms with Crippen LogP contribution in [0.1, 0.15) is 23.7 Å². The number of H-pyrrole nitrogens is 1. The Morgan fingerprint density at radius 1 is 1.33 bits per heavy atom. The van der Waals surface area contributed by atoms with Crippen molar-refractivity contribution in [3.63, 3.8) is 0 Å². The summed E-state index contributed by atoms with van der Waals surface area (Å²) in [7, 11) is -3.37. The fourth-order valence-corrected chi connectivity index (χ4v) is 2.87. The van der Waals surface area contributed by atoms with Crippen LogP contribution >= 0.6 is 0 Å². The predicted octanol–water partition coefficient (Wildman–Crippen LogP) is 1.81. The molecule has 8 heteroatoms. The Labute approximate surface area is 122 Å². The molecule has 0 spiro atoms. The van der Waals surface area contributed by atoms with E-state index in [-0.39, 0.29) is 11.7 Å². The van der Waals surface area contributed by atoms with Crippen molar-refractivity contribution >= 4 is 27.3 Å². The fraction of sp³-hybridized carbons (Fsp3) is 0.231. The lowest BCUT2D eigenvalue weighted by Gasteiger charge is -2.08. The van der Waals surface area contributed by atoms with E-state index in [1.807, 2.05) is 0 Å². The molecule has 0 fully saturated rings. The second-order valence-corrected chi connectivity index (χ2v) is 6.28. The monoisotopic (exact) mass is 308 g/mol. The zero-order chi connectivity index (χ0) is 15.3. The summed E-state index contributed by atoms with van der Waals surface area (Å²) in [6.07, 6.45) is 3.55. The molecule has 1 aromatic carbocycles. The van der Waals surface area contributed by atoms with E-state index in [4.69, 9.17) is 0 Å². The summed E-state index contributed by atoms with van der Waals surface area (Å²) in [5.74, 6) is -0.300. The van der Waals surface area contributed by atoms with Crippen LogP contribution in [0.5, 0.6) is 0 Å². The van der Waals surface area contributed by atoms with Crippen LogP contribution in [0.3, 0.4) is 0 Å². The van der Waals surface area contributed by atoms with Crippen molar-refractivity contribution in [1.29, 1.82) is 0 Å². The Morgan fingerprint density at radius 2 is 2.14 bits per heavy atom. The van der Waals surface area contributed by atoms with Crippen molar-refractivity contribution in [2.75, 3.05) is 15.8 Å². The predicted molar refractivity (Wildman–Crippen MR) is 80.7 cm³/mol. The molecule has 1 amide bonds. The second kappa shape index (κ2) is 6.40. The zero-order valence-electron chi connectivity index (χ0n) is 11.5. The van der Waals surface area contributed by atoms with Crippen molar-refractivity contribution < 1.29 is 13.2 Å². The number of aromatic nitrogens is 2. The molecule has 21 heavy (non-hydrogen) atoms. The van der Waals surface area contributed by atoms with Crippen molar-refractivity contribution in [3.05, 3.63) is 42.2 Å². The number of nitrogens with one attached hydrogen (secondary N) is 3. The van der Waals surface area contributed by atoms with Crippen LogP contribution in [0, 0.1) is 0 Å². The van der Waals surface area contributed by atoms with Gasteiger partial charge in [-0.3, -0.25) is 14.6 Å². The number of hydrogen-bond acceptors (Lipinski definition) is 4. The normalized spacial score (nSPS) is 11.1. The smallest absolute Gasteiger partial charge is 0.255 e. The van der Waals surface area contributed by atoms with E-state index in [0.717, 1.165) is 0 Å². The van der Waals surface area contributed by atoms with Gasteiger partial charge < -0.3 is 5.32 Å². The highest BCUT2D eigenvalue weighted by atomic mass is 32.2. The summed E-state index contributed by atoms with van der Waals surface area (Å²) in [6.45, 7) is 1.79. The van der Waals surface area contributed by atoms with Crippen LogP contribution in [-0.4, -0.2) is 30.3 Å². The van der Waals surface area contributed by atoms with Crippen molar-refractivity contribution in [2.45, 2.75) is 13.3 Å². The number of benzene rings is 1. The molecule has 1 heterocycles. The third-order valence-electron chi connectivity index (χ3n) is 2.63. The Kier molecular flexibility index (Phi) is 4.59. The van der Waals surface area contributed by atoms with Crippen LogP contribution in [0.2, 0.25) is 0 Å². The lowest BCUT2D eigenvalue weighted by Crippen LogP contribution is -2.17. The maximum atomic E-state index is 12.0. The Hall–Kier alpha value is -2.35. The number of carbonyl (C=O) groups is 1. The average molecular weight is 308 g/mol. The van der Waals surface area contributed by atoms with E-state index >= 15 is 0 Å². The van der Waals surface area contributed by atoms with Gasteiger partial charge in [-0.15, -0.1) is 0 Å². The van der Waals surface area contributed by atoms with E-state index in [1.54, 1.807) is 31.3 Å². The molecule has 1 aromatic heterocycles. The van der Waals surface area contributed by atoms with Gasteiger partial charge in [0.05, 0.1) is 17.6 Å². The van der Waals surface area contributed by atoms with E-state index in [0.29, 0.717) is 23.4 Å². The second-order valence-electron chi connectivity index (χ2n) is 4.44. The molecule has 7 nitrogen and oxygen atoms in total. The number of amides is 1. The molecule has 0 saturated carbocycles. The van der Waals surface area contributed by atoms with Gasteiger partial charge >= 0.3 is 0 Å². The molecule has 0 aliphatic rings. The largest absolute Gasteiger partial charge is 0.319 e. The highest BCUT2D eigenvalue weighted by Gasteiger charge is 2.11. The molecule has 0 unspecified atom stereocenters. The minimum absolute atomic E-state index is 0.0401. The zero-order valence-corrected chi connectivity index (χ0v) is 12.3. The first-order valence-corrected chi connectivity index (χ1v) is 8.06. The first-order chi connectivity index (χ1) is 10.00. The molecule has 0 saturated heterocycles. The van der Waals surface area contributed by atoms with Gasteiger partial charge in [-0.1, -0.05) is 13.0 Å². The van der Waals surface area contributed by atoms with Gasteiger partial charge in [0.15, 0.2) is 0 Å². The number of anilines is 2. The SMILES string of the molecule is CCCS(=O)(=O)Nc1cccc(C(=O)Nc2cn[nH]c2)c1. The van der Waals surface area contributed by atoms with Gasteiger partial charge in [-0.05, 0) is 24.6 Å². The summed E-state index contributed by atoms with van der Waals surface area (Å²) in [5, 5.41) is 8.95. The Balaban J connectivity index is 2.12. The van der Waals surface area contributed by atoms with Crippen molar-refractivity contribution in [3.8, 4) is 0 Å².